The average Bonchev–Trinajstić information content (AvgIpc) is 2.03. The van der Waals surface area contributed by atoms with Gasteiger partial charge in [-0.05, 0) is 0 Å². The zero-order chi connectivity index (χ0) is 9.14. The fourth-order valence-electron chi connectivity index (χ4n) is 0.614. The molecule has 2 N–H and O–H groups in total. The fourth-order valence-corrected chi connectivity index (χ4v) is 0.614. The van der Waals surface area contributed by atoms with Crippen molar-refractivity contribution in [3.05, 3.63) is 11.8 Å². The molecule has 1 heterocycles. The van der Waals surface area contributed by atoms with Gasteiger partial charge in [0.15, 0.2) is 5.75 Å². The van der Waals surface area contributed by atoms with Crippen molar-refractivity contribution in [1.29, 1.82) is 0 Å². The first-order valence-corrected chi connectivity index (χ1v) is 2.99. The largest absolute Gasteiger partial charge is 0.505 e. The van der Waals surface area contributed by atoms with Crippen LogP contribution in [0.1, 0.15) is 10.5 Å². The van der Waals surface area contributed by atoms with E-state index in [9.17, 15) is 4.79 Å². The quantitative estimate of drug-likeness (QED) is 0.561. The van der Waals surface area contributed by atoms with Crippen LogP contribution in [0.25, 0.3) is 0 Å². The van der Waals surface area contributed by atoms with Gasteiger partial charge in [0.1, 0.15) is 0 Å². The first kappa shape index (κ1) is 8.25. The number of ether oxygens (including phenoxy) is 1. The molecule has 1 rings (SSSR count). The second kappa shape index (κ2) is 3.04. The third-order valence-electron chi connectivity index (χ3n) is 1.14. The maximum absolute atomic E-state index is 10.8. The van der Waals surface area contributed by atoms with Gasteiger partial charge in [0.2, 0.25) is 11.6 Å². The summed E-state index contributed by atoms with van der Waals surface area (Å²) in [5, 5.41) is 24.1. The van der Waals surface area contributed by atoms with Crippen LogP contribution in [0, 0.1) is 0 Å². The number of hydrogen-bond acceptors (Lipinski definition) is 6. The Hall–Kier alpha value is -1.85. The molecule has 0 spiro atoms. The third kappa shape index (κ3) is 1.42. The Morgan fingerprint density at radius 3 is 2.67 bits per heavy atom. The Balaban J connectivity index is 3.09. The molecule has 0 saturated carbocycles. The molecule has 0 bridgehead atoms. The Morgan fingerprint density at radius 1 is 1.50 bits per heavy atom. The summed E-state index contributed by atoms with van der Waals surface area (Å²) in [6.45, 7) is 0. The van der Waals surface area contributed by atoms with Crippen molar-refractivity contribution in [3.63, 3.8) is 0 Å². The van der Waals surface area contributed by atoms with Crippen molar-refractivity contribution < 1.29 is 19.7 Å². The highest BCUT2D eigenvalue weighted by Crippen LogP contribution is 2.17. The van der Waals surface area contributed by atoms with E-state index in [0.29, 0.717) is 0 Å². The Kier molecular flexibility index (Phi) is 2.09. The number of carbonyl (C=O) groups is 1. The average molecular weight is 170 g/mol. The summed E-state index contributed by atoms with van der Waals surface area (Å²) < 4.78 is 4.27. The topological polar surface area (TPSA) is 92.5 Å². The summed E-state index contributed by atoms with van der Waals surface area (Å²) in [5.74, 6) is -1.73. The molecule has 1 aromatic heterocycles. The third-order valence-corrected chi connectivity index (χ3v) is 1.14. The molecule has 0 fully saturated rings. The van der Waals surface area contributed by atoms with E-state index < -0.39 is 17.6 Å². The molecule has 0 unspecified atom stereocenters. The summed E-state index contributed by atoms with van der Waals surface area (Å²) in [5.41, 5.74) is -0.324. The van der Waals surface area contributed by atoms with Crippen molar-refractivity contribution in [2.24, 2.45) is 0 Å². The lowest BCUT2D eigenvalue weighted by Crippen LogP contribution is -2.05. The first-order valence-electron chi connectivity index (χ1n) is 2.99. The van der Waals surface area contributed by atoms with Crippen molar-refractivity contribution in [2.75, 3.05) is 7.11 Å². The van der Waals surface area contributed by atoms with Crippen molar-refractivity contribution >= 4 is 5.97 Å². The van der Waals surface area contributed by atoms with Gasteiger partial charge < -0.3 is 14.9 Å². The molecule has 0 aliphatic carbocycles. The SMILES string of the molecule is COC(=O)c1nnc(O)cc1O. The van der Waals surface area contributed by atoms with Gasteiger partial charge in [-0.25, -0.2) is 4.79 Å². The number of aromatic hydroxyl groups is 2. The molecule has 0 aliphatic heterocycles. The van der Waals surface area contributed by atoms with Crippen LogP contribution in [0.4, 0.5) is 0 Å². The Morgan fingerprint density at radius 2 is 2.17 bits per heavy atom. The normalized spacial score (nSPS) is 9.42. The standard InChI is InChI=1S/C6H6N2O4/c1-12-6(11)5-3(9)2-4(10)7-8-5/h2H,1H3,(H2,7,9,10). The molecular weight excluding hydrogens is 164 g/mol. The van der Waals surface area contributed by atoms with Gasteiger partial charge in [0.25, 0.3) is 0 Å². The van der Waals surface area contributed by atoms with Crippen LogP contribution in [0.15, 0.2) is 6.07 Å². The van der Waals surface area contributed by atoms with Gasteiger partial charge in [-0.1, -0.05) is 0 Å². The van der Waals surface area contributed by atoms with Crippen molar-refractivity contribution in [1.82, 2.24) is 10.2 Å². The van der Waals surface area contributed by atoms with E-state index in [2.05, 4.69) is 14.9 Å². The van der Waals surface area contributed by atoms with Gasteiger partial charge in [-0.3, -0.25) is 0 Å². The Bertz CT molecular complexity index is 312. The smallest absolute Gasteiger partial charge is 0.362 e. The van der Waals surface area contributed by atoms with E-state index in [1.54, 1.807) is 0 Å². The first-order chi connectivity index (χ1) is 5.65. The zero-order valence-electron chi connectivity index (χ0n) is 6.18. The summed E-state index contributed by atoms with van der Waals surface area (Å²) in [7, 11) is 1.15. The Labute approximate surface area is 67.4 Å². The molecule has 0 aromatic carbocycles. The van der Waals surface area contributed by atoms with Gasteiger partial charge >= 0.3 is 5.97 Å². The number of aromatic nitrogens is 2. The van der Waals surface area contributed by atoms with Crippen LogP contribution in [-0.2, 0) is 4.74 Å². The molecular formula is C6H6N2O4. The maximum atomic E-state index is 10.8. The number of carbonyl (C=O) groups excluding carboxylic acids is 1. The lowest BCUT2D eigenvalue weighted by atomic mass is 10.3. The molecule has 0 radical (unpaired) electrons. The lowest BCUT2D eigenvalue weighted by Gasteiger charge is -1.99. The maximum Gasteiger partial charge on any atom is 0.362 e. The van der Waals surface area contributed by atoms with Crippen LogP contribution in [0.3, 0.4) is 0 Å². The van der Waals surface area contributed by atoms with Gasteiger partial charge in [-0.15, -0.1) is 10.2 Å². The summed E-state index contributed by atoms with van der Waals surface area (Å²) in [6, 6.07) is 0.902. The van der Waals surface area contributed by atoms with E-state index in [1.165, 1.54) is 0 Å². The molecule has 64 valence electrons. The van der Waals surface area contributed by atoms with Crippen LogP contribution in [0.2, 0.25) is 0 Å². The summed E-state index contributed by atoms with van der Waals surface area (Å²) in [6.07, 6.45) is 0. The number of methoxy groups -OCH3 is 1. The van der Waals surface area contributed by atoms with Crippen molar-refractivity contribution in [3.8, 4) is 11.6 Å². The van der Waals surface area contributed by atoms with Crippen LogP contribution < -0.4 is 0 Å². The predicted octanol–water partition coefficient (Wildman–Crippen LogP) is -0.326. The summed E-state index contributed by atoms with van der Waals surface area (Å²) in [4.78, 5) is 10.8. The highest BCUT2D eigenvalue weighted by atomic mass is 16.5. The molecule has 0 aliphatic rings. The molecule has 6 nitrogen and oxygen atoms in total. The monoisotopic (exact) mass is 170 g/mol. The minimum atomic E-state index is -0.806. The zero-order valence-corrected chi connectivity index (χ0v) is 6.18. The number of hydrogen-bond donors (Lipinski definition) is 2. The second-order valence-electron chi connectivity index (χ2n) is 1.93. The van der Waals surface area contributed by atoms with Crippen LogP contribution in [-0.4, -0.2) is 33.5 Å². The highest BCUT2D eigenvalue weighted by Gasteiger charge is 2.14. The molecule has 6 heteroatoms. The van der Waals surface area contributed by atoms with E-state index in [0.717, 1.165) is 13.2 Å². The molecule has 12 heavy (non-hydrogen) atoms. The van der Waals surface area contributed by atoms with E-state index in [1.807, 2.05) is 0 Å². The molecule has 0 saturated heterocycles. The minimum Gasteiger partial charge on any atom is -0.505 e. The van der Waals surface area contributed by atoms with Gasteiger partial charge in [0.05, 0.1) is 7.11 Å². The number of esters is 1. The van der Waals surface area contributed by atoms with Crippen molar-refractivity contribution in [2.45, 2.75) is 0 Å². The van der Waals surface area contributed by atoms with E-state index in [-0.39, 0.29) is 5.69 Å². The second-order valence-corrected chi connectivity index (χ2v) is 1.93. The summed E-state index contributed by atoms with van der Waals surface area (Å²) >= 11 is 0. The van der Waals surface area contributed by atoms with Crippen LogP contribution >= 0.6 is 0 Å². The fraction of sp³-hybridized carbons (Fsp3) is 0.167. The highest BCUT2D eigenvalue weighted by molar-refractivity contribution is 5.89. The van der Waals surface area contributed by atoms with E-state index >= 15 is 0 Å². The number of nitrogens with zero attached hydrogens (tertiary/aromatic N) is 2. The molecule has 0 amide bonds. The van der Waals surface area contributed by atoms with Crippen LogP contribution in [0.5, 0.6) is 11.6 Å². The molecule has 0 atom stereocenters. The van der Waals surface area contributed by atoms with E-state index in [4.69, 9.17) is 10.2 Å². The minimum absolute atomic E-state index is 0.324. The lowest BCUT2D eigenvalue weighted by molar-refractivity contribution is 0.0588. The number of rotatable bonds is 1. The van der Waals surface area contributed by atoms with Gasteiger partial charge in [0, 0.05) is 6.07 Å². The molecule has 1 aromatic rings. The van der Waals surface area contributed by atoms with Gasteiger partial charge in [-0.2, -0.15) is 0 Å². The predicted molar refractivity (Wildman–Crippen MR) is 36.7 cm³/mol.